The number of hydrogen-bond acceptors (Lipinski definition) is 3. The first-order valence-corrected chi connectivity index (χ1v) is 11.1. The number of urea groups is 1. The zero-order chi connectivity index (χ0) is 20.9. The van der Waals surface area contributed by atoms with Crippen molar-refractivity contribution in [3.8, 4) is 0 Å². The van der Waals surface area contributed by atoms with E-state index in [1.54, 1.807) is 11.8 Å². The lowest BCUT2D eigenvalue weighted by Crippen LogP contribution is -2.19. The molecule has 0 saturated heterocycles. The molecule has 3 aromatic carbocycles. The average molecular weight is 417 g/mol. The van der Waals surface area contributed by atoms with Crippen LogP contribution in [0.2, 0.25) is 0 Å². The van der Waals surface area contributed by atoms with Gasteiger partial charge < -0.3 is 15.2 Å². The minimum atomic E-state index is -0.249. The molecule has 0 saturated carbocycles. The fourth-order valence-electron chi connectivity index (χ4n) is 3.47. The number of imidazole rings is 1. The normalized spacial score (nSPS) is 10.9. The zero-order valence-corrected chi connectivity index (χ0v) is 17.9. The molecule has 4 rings (SSSR count). The van der Waals surface area contributed by atoms with Gasteiger partial charge in [0.2, 0.25) is 0 Å². The van der Waals surface area contributed by atoms with Crippen molar-refractivity contribution in [2.75, 3.05) is 16.9 Å². The topological polar surface area (TPSA) is 59.0 Å². The highest BCUT2D eigenvalue weighted by Crippen LogP contribution is 2.20. The molecule has 0 atom stereocenters. The summed E-state index contributed by atoms with van der Waals surface area (Å²) in [5, 5.41) is 5.81. The van der Waals surface area contributed by atoms with Crippen LogP contribution >= 0.6 is 11.8 Å². The average Bonchev–Trinajstić information content (AvgIpc) is 3.08. The van der Waals surface area contributed by atoms with E-state index in [2.05, 4.69) is 34.4 Å². The first kappa shape index (κ1) is 20.0. The Hall–Kier alpha value is -3.25. The lowest BCUT2D eigenvalue weighted by Gasteiger charge is -2.10. The molecule has 2 N–H and O–H groups in total. The van der Waals surface area contributed by atoms with Gasteiger partial charge in [-0.25, -0.2) is 9.78 Å². The maximum atomic E-state index is 12.4. The molecule has 1 heterocycles. The fourth-order valence-corrected chi connectivity index (χ4v) is 3.93. The molecular formula is C24H24N4OS. The number of fused-ring (bicyclic) bond motifs is 1. The number of para-hydroxylation sites is 2. The van der Waals surface area contributed by atoms with Crippen molar-refractivity contribution in [3.63, 3.8) is 0 Å². The van der Waals surface area contributed by atoms with Gasteiger partial charge in [-0.3, -0.25) is 0 Å². The molecule has 0 spiro atoms. The maximum Gasteiger partial charge on any atom is 0.323 e. The Bertz CT molecular complexity index is 1180. The van der Waals surface area contributed by atoms with Crippen molar-refractivity contribution in [1.82, 2.24) is 9.55 Å². The quantitative estimate of drug-likeness (QED) is 0.395. The van der Waals surface area contributed by atoms with E-state index in [-0.39, 0.29) is 6.03 Å². The first-order chi connectivity index (χ1) is 14.6. The molecule has 1 aromatic heterocycles. The largest absolute Gasteiger partial charge is 0.331 e. The Morgan fingerprint density at radius 1 is 0.933 bits per heavy atom. The molecule has 0 fully saturated rings. The first-order valence-electron chi connectivity index (χ1n) is 9.84. The highest BCUT2D eigenvalue weighted by Gasteiger charge is 2.08. The van der Waals surface area contributed by atoms with Crippen LogP contribution in [-0.4, -0.2) is 21.8 Å². The summed E-state index contributed by atoms with van der Waals surface area (Å²) in [5.74, 6) is 1.06. The molecule has 2 amide bonds. The number of nitrogens with zero attached hydrogens (tertiary/aromatic N) is 2. The van der Waals surface area contributed by atoms with E-state index in [0.717, 1.165) is 51.5 Å². The number of aromatic nitrogens is 2. The molecule has 0 unspecified atom stereocenters. The second-order valence-electron chi connectivity index (χ2n) is 7.09. The summed E-state index contributed by atoms with van der Waals surface area (Å²) in [4.78, 5) is 18.2. The summed E-state index contributed by atoms with van der Waals surface area (Å²) in [6.07, 6.45) is 3.70. The smallest absolute Gasteiger partial charge is 0.323 e. The van der Waals surface area contributed by atoms with Gasteiger partial charge in [0, 0.05) is 29.7 Å². The van der Waals surface area contributed by atoms with Crippen molar-refractivity contribution in [2.24, 2.45) is 7.05 Å². The van der Waals surface area contributed by atoms with Gasteiger partial charge in [-0.15, -0.1) is 11.8 Å². The van der Waals surface area contributed by atoms with Crippen molar-refractivity contribution >= 4 is 40.2 Å². The van der Waals surface area contributed by atoms with E-state index in [1.165, 1.54) is 0 Å². The van der Waals surface area contributed by atoms with E-state index >= 15 is 0 Å². The Morgan fingerprint density at radius 2 is 1.67 bits per heavy atom. The van der Waals surface area contributed by atoms with Crippen molar-refractivity contribution < 1.29 is 4.79 Å². The highest BCUT2D eigenvalue weighted by atomic mass is 32.2. The van der Waals surface area contributed by atoms with Crippen LogP contribution in [0, 0.1) is 0 Å². The van der Waals surface area contributed by atoms with Gasteiger partial charge in [0.15, 0.2) is 0 Å². The molecule has 0 aliphatic carbocycles. The van der Waals surface area contributed by atoms with Gasteiger partial charge in [0.1, 0.15) is 5.82 Å². The van der Waals surface area contributed by atoms with E-state index in [0.29, 0.717) is 0 Å². The number of carbonyl (C=O) groups excluding carboxylic acids is 1. The number of carbonyl (C=O) groups is 1. The van der Waals surface area contributed by atoms with Crippen LogP contribution in [-0.2, 0) is 19.9 Å². The van der Waals surface area contributed by atoms with Gasteiger partial charge >= 0.3 is 6.03 Å². The SMILES string of the molecule is CSc1cccc(NC(=O)Nc2cccc(CCc3nc4ccccc4n3C)c2)c1. The molecule has 6 heteroatoms. The third kappa shape index (κ3) is 4.66. The number of aryl methyl sites for hydroxylation is 3. The highest BCUT2D eigenvalue weighted by molar-refractivity contribution is 7.98. The number of nitrogens with one attached hydrogen (secondary N) is 2. The van der Waals surface area contributed by atoms with Crippen molar-refractivity contribution in [3.05, 3.63) is 84.2 Å². The monoisotopic (exact) mass is 416 g/mol. The minimum Gasteiger partial charge on any atom is -0.331 e. The number of hydrogen-bond donors (Lipinski definition) is 2. The van der Waals surface area contributed by atoms with E-state index in [1.807, 2.05) is 66.9 Å². The van der Waals surface area contributed by atoms with E-state index in [9.17, 15) is 4.79 Å². The molecule has 0 aliphatic heterocycles. The molecule has 0 aliphatic rings. The van der Waals surface area contributed by atoms with Gasteiger partial charge in [0.05, 0.1) is 11.0 Å². The Labute approximate surface area is 180 Å². The zero-order valence-electron chi connectivity index (χ0n) is 17.1. The maximum absolute atomic E-state index is 12.4. The lowest BCUT2D eigenvalue weighted by atomic mass is 10.1. The summed E-state index contributed by atoms with van der Waals surface area (Å²) < 4.78 is 2.15. The van der Waals surface area contributed by atoms with E-state index in [4.69, 9.17) is 4.98 Å². The van der Waals surface area contributed by atoms with Crippen molar-refractivity contribution in [2.45, 2.75) is 17.7 Å². The van der Waals surface area contributed by atoms with Gasteiger partial charge in [-0.1, -0.05) is 30.3 Å². The van der Waals surface area contributed by atoms with Gasteiger partial charge in [-0.05, 0) is 60.7 Å². The predicted octanol–water partition coefficient (Wildman–Crippen LogP) is 5.72. The molecule has 152 valence electrons. The molecule has 4 aromatic rings. The second-order valence-corrected chi connectivity index (χ2v) is 7.97. The molecule has 5 nitrogen and oxygen atoms in total. The van der Waals surface area contributed by atoms with Crippen LogP contribution in [0.3, 0.4) is 0 Å². The summed E-state index contributed by atoms with van der Waals surface area (Å²) in [6, 6.07) is 23.7. The number of benzene rings is 3. The Balaban J connectivity index is 1.39. The second kappa shape index (κ2) is 9.05. The minimum absolute atomic E-state index is 0.249. The standard InChI is InChI=1S/C24H24N4OS/c1-28-22-12-4-3-11-21(22)27-23(28)14-13-17-7-5-8-18(15-17)25-24(29)26-19-9-6-10-20(16-19)30-2/h3-12,15-16H,13-14H2,1-2H3,(H2,25,26,29). The number of thioether (sulfide) groups is 1. The number of amides is 2. The van der Waals surface area contributed by atoms with Crippen LogP contribution in [0.25, 0.3) is 11.0 Å². The van der Waals surface area contributed by atoms with Crippen LogP contribution in [0.15, 0.2) is 77.7 Å². The molecule has 0 bridgehead atoms. The third-order valence-corrected chi connectivity index (χ3v) is 5.75. The lowest BCUT2D eigenvalue weighted by molar-refractivity contribution is 0.262. The summed E-state index contributed by atoms with van der Waals surface area (Å²) in [6.45, 7) is 0. The van der Waals surface area contributed by atoms with E-state index < -0.39 is 0 Å². The fraction of sp³-hybridized carbons (Fsp3) is 0.167. The van der Waals surface area contributed by atoms with Crippen LogP contribution in [0.4, 0.5) is 16.2 Å². The van der Waals surface area contributed by atoms with Crippen molar-refractivity contribution in [1.29, 1.82) is 0 Å². The Kier molecular flexibility index (Phi) is 6.05. The summed E-state index contributed by atoms with van der Waals surface area (Å²) >= 11 is 1.64. The van der Waals surface area contributed by atoms with Gasteiger partial charge in [0.25, 0.3) is 0 Å². The van der Waals surface area contributed by atoms with Crippen LogP contribution < -0.4 is 10.6 Å². The molecular weight excluding hydrogens is 392 g/mol. The predicted molar refractivity (Wildman–Crippen MR) is 125 cm³/mol. The molecule has 30 heavy (non-hydrogen) atoms. The summed E-state index contributed by atoms with van der Waals surface area (Å²) in [7, 11) is 2.05. The van der Waals surface area contributed by atoms with Crippen LogP contribution in [0.5, 0.6) is 0 Å². The Morgan fingerprint density at radius 3 is 2.43 bits per heavy atom. The third-order valence-electron chi connectivity index (χ3n) is 5.03. The molecule has 0 radical (unpaired) electrons. The number of rotatable bonds is 6. The summed E-state index contributed by atoms with van der Waals surface area (Å²) in [5.41, 5.74) is 4.87. The van der Waals surface area contributed by atoms with Gasteiger partial charge in [-0.2, -0.15) is 0 Å². The van der Waals surface area contributed by atoms with Crippen LogP contribution in [0.1, 0.15) is 11.4 Å². The number of anilines is 2.